The maximum absolute atomic E-state index is 14.8. The molecular formula is C40H53N3O7. The average molecular weight is 688 g/mol. The molecule has 0 aliphatic rings. The molecule has 0 radical (unpaired) electrons. The van der Waals surface area contributed by atoms with Crippen LogP contribution in [-0.4, -0.2) is 63.2 Å². The first-order chi connectivity index (χ1) is 23.2. The number of nitrogens with one attached hydrogen (secondary N) is 2. The van der Waals surface area contributed by atoms with Crippen molar-refractivity contribution in [2.24, 2.45) is 0 Å². The van der Waals surface area contributed by atoms with Crippen LogP contribution >= 0.6 is 0 Å². The van der Waals surface area contributed by atoms with Crippen LogP contribution in [0.3, 0.4) is 0 Å². The predicted molar refractivity (Wildman–Crippen MR) is 194 cm³/mol. The van der Waals surface area contributed by atoms with Gasteiger partial charge < -0.3 is 30.1 Å². The van der Waals surface area contributed by atoms with Gasteiger partial charge in [0.2, 0.25) is 11.8 Å². The van der Waals surface area contributed by atoms with Crippen molar-refractivity contribution >= 4 is 23.9 Å². The van der Waals surface area contributed by atoms with E-state index in [2.05, 4.69) is 10.6 Å². The molecule has 3 aromatic carbocycles. The number of carbonyl (C=O) groups is 4. The minimum absolute atomic E-state index is 0.0529. The molecule has 0 aliphatic heterocycles. The molecule has 3 amide bonds. The fourth-order valence-electron chi connectivity index (χ4n) is 5.65. The minimum Gasteiger partial charge on any atom is -0.508 e. The van der Waals surface area contributed by atoms with E-state index in [0.717, 1.165) is 16.7 Å². The standard InChI is InChI=1S/C40H53N3O7/c1-25(2)43(36(46)32(42-38(48)50-40(8,9)10)23-29-16-18-31(44)19-17-29)34(30-21-26(3)20-27(4)22-30)35(45)41-33(37(47)49-39(5,6)7)24-28-14-12-11-13-15-28/h11-22,25,32-34,44H,23-24H2,1-10H3,(H,41,45)(H,42,48). The zero-order valence-corrected chi connectivity index (χ0v) is 31.0. The summed E-state index contributed by atoms with van der Waals surface area (Å²) < 4.78 is 11.3. The molecule has 0 fully saturated rings. The fraction of sp³-hybridized carbons (Fsp3) is 0.450. The van der Waals surface area contributed by atoms with Crippen LogP contribution in [0.15, 0.2) is 72.8 Å². The number of alkyl carbamates (subject to hydrolysis) is 1. The number of ether oxygens (including phenoxy) is 2. The number of rotatable bonds is 12. The van der Waals surface area contributed by atoms with E-state index in [4.69, 9.17) is 9.47 Å². The van der Waals surface area contributed by atoms with Crippen LogP contribution in [-0.2, 0) is 36.7 Å². The molecule has 50 heavy (non-hydrogen) atoms. The Morgan fingerprint density at radius 2 is 1.24 bits per heavy atom. The number of phenols is 1. The lowest BCUT2D eigenvalue weighted by Crippen LogP contribution is -2.57. The number of aryl methyl sites for hydroxylation is 2. The Morgan fingerprint density at radius 1 is 0.720 bits per heavy atom. The van der Waals surface area contributed by atoms with Crippen molar-refractivity contribution in [3.05, 3.63) is 101 Å². The number of esters is 1. The van der Waals surface area contributed by atoms with Gasteiger partial charge in [0.25, 0.3) is 0 Å². The van der Waals surface area contributed by atoms with Crippen LogP contribution in [0.5, 0.6) is 5.75 Å². The van der Waals surface area contributed by atoms with E-state index in [9.17, 15) is 24.3 Å². The molecule has 0 saturated carbocycles. The van der Waals surface area contributed by atoms with Crippen molar-refractivity contribution < 1.29 is 33.8 Å². The van der Waals surface area contributed by atoms with Crippen LogP contribution in [0, 0.1) is 13.8 Å². The first-order valence-corrected chi connectivity index (χ1v) is 17.0. The predicted octanol–water partition coefficient (Wildman–Crippen LogP) is 6.49. The maximum atomic E-state index is 14.8. The van der Waals surface area contributed by atoms with Gasteiger partial charge in [-0.2, -0.15) is 0 Å². The molecule has 0 bridgehead atoms. The molecule has 3 unspecified atom stereocenters. The van der Waals surface area contributed by atoms with Crippen molar-refractivity contribution in [3.63, 3.8) is 0 Å². The molecule has 0 heterocycles. The minimum atomic E-state index is -1.19. The van der Waals surface area contributed by atoms with Crippen molar-refractivity contribution in [1.29, 1.82) is 0 Å². The second kappa shape index (κ2) is 16.7. The highest BCUT2D eigenvalue weighted by Gasteiger charge is 2.40. The van der Waals surface area contributed by atoms with Crippen molar-refractivity contribution in [3.8, 4) is 5.75 Å². The van der Waals surface area contributed by atoms with Crippen LogP contribution in [0.1, 0.15) is 89.2 Å². The molecule has 3 atom stereocenters. The van der Waals surface area contributed by atoms with Gasteiger partial charge in [0.15, 0.2) is 0 Å². The number of nitrogens with zero attached hydrogens (tertiary/aromatic N) is 1. The largest absolute Gasteiger partial charge is 0.508 e. The zero-order chi connectivity index (χ0) is 37.4. The summed E-state index contributed by atoms with van der Waals surface area (Å²) in [7, 11) is 0. The van der Waals surface area contributed by atoms with Crippen molar-refractivity contribution in [2.75, 3.05) is 0 Å². The third kappa shape index (κ3) is 12.2. The first kappa shape index (κ1) is 39.6. The van der Waals surface area contributed by atoms with E-state index < -0.39 is 59.2 Å². The highest BCUT2D eigenvalue weighted by atomic mass is 16.6. The Bertz CT molecular complexity index is 1600. The lowest BCUT2D eigenvalue weighted by Gasteiger charge is -2.38. The fourth-order valence-corrected chi connectivity index (χ4v) is 5.65. The summed E-state index contributed by atoms with van der Waals surface area (Å²) >= 11 is 0. The summed E-state index contributed by atoms with van der Waals surface area (Å²) in [6.07, 6.45) is -0.573. The Hall–Kier alpha value is -4.86. The molecule has 10 nitrogen and oxygen atoms in total. The SMILES string of the molecule is Cc1cc(C)cc(C(C(=O)NC(Cc2ccccc2)C(=O)OC(C)(C)C)N(C(=O)C(Cc2ccc(O)cc2)NC(=O)OC(C)(C)C)C(C)C)c1. The normalized spacial score (nSPS) is 13.5. The van der Waals surface area contributed by atoms with Crippen molar-refractivity contribution in [1.82, 2.24) is 15.5 Å². The average Bonchev–Trinajstić information content (AvgIpc) is 2.98. The van der Waals surface area contributed by atoms with Gasteiger partial charge in [-0.1, -0.05) is 71.8 Å². The lowest BCUT2D eigenvalue weighted by atomic mass is 9.95. The summed E-state index contributed by atoms with van der Waals surface area (Å²) in [6, 6.07) is 17.4. The summed E-state index contributed by atoms with van der Waals surface area (Å²) in [4.78, 5) is 57.6. The summed E-state index contributed by atoms with van der Waals surface area (Å²) in [5.41, 5.74) is 2.16. The van der Waals surface area contributed by atoms with Crippen LogP contribution in [0.25, 0.3) is 0 Å². The van der Waals surface area contributed by atoms with Gasteiger partial charge in [-0.3, -0.25) is 9.59 Å². The zero-order valence-electron chi connectivity index (χ0n) is 31.0. The van der Waals surface area contributed by atoms with E-state index in [0.29, 0.717) is 11.1 Å². The second-order valence-electron chi connectivity index (χ2n) is 15.0. The Kier molecular flexibility index (Phi) is 13.2. The lowest BCUT2D eigenvalue weighted by molar-refractivity contribution is -0.159. The van der Waals surface area contributed by atoms with E-state index in [1.807, 2.05) is 62.4 Å². The molecule has 270 valence electrons. The van der Waals surface area contributed by atoms with E-state index >= 15 is 0 Å². The van der Waals surface area contributed by atoms with Gasteiger partial charge in [0.05, 0.1) is 0 Å². The summed E-state index contributed by atoms with van der Waals surface area (Å²) in [5.74, 6) is -1.66. The number of hydrogen-bond acceptors (Lipinski definition) is 7. The third-order valence-corrected chi connectivity index (χ3v) is 7.55. The van der Waals surface area contributed by atoms with Crippen LogP contribution < -0.4 is 10.6 Å². The number of aromatic hydroxyl groups is 1. The second-order valence-corrected chi connectivity index (χ2v) is 15.0. The van der Waals surface area contributed by atoms with Crippen LogP contribution in [0.2, 0.25) is 0 Å². The molecule has 0 saturated heterocycles. The van der Waals surface area contributed by atoms with Crippen molar-refractivity contribution in [2.45, 2.75) is 117 Å². The van der Waals surface area contributed by atoms with Gasteiger partial charge in [0, 0.05) is 18.9 Å². The van der Waals surface area contributed by atoms with Crippen LogP contribution in [0.4, 0.5) is 4.79 Å². The van der Waals surface area contributed by atoms with Gasteiger partial charge in [-0.05, 0) is 98.1 Å². The third-order valence-electron chi connectivity index (χ3n) is 7.55. The number of amides is 3. The maximum Gasteiger partial charge on any atom is 0.408 e. The number of carbonyl (C=O) groups excluding carboxylic acids is 4. The summed E-state index contributed by atoms with van der Waals surface area (Å²) in [6.45, 7) is 17.8. The van der Waals surface area contributed by atoms with Gasteiger partial charge in [0.1, 0.15) is 35.1 Å². The van der Waals surface area contributed by atoms with Gasteiger partial charge >= 0.3 is 12.1 Å². The van der Waals surface area contributed by atoms with Gasteiger partial charge in [-0.15, -0.1) is 0 Å². The smallest absolute Gasteiger partial charge is 0.408 e. The first-order valence-electron chi connectivity index (χ1n) is 17.0. The van der Waals surface area contributed by atoms with E-state index in [1.54, 1.807) is 67.5 Å². The van der Waals surface area contributed by atoms with E-state index in [1.165, 1.54) is 17.0 Å². The molecule has 10 heteroatoms. The molecular weight excluding hydrogens is 634 g/mol. The Balaban J connectivity index is 2.13. The summed E-state index contributed by atoms with van der Waals surface area (Å²) in [5, 5.41) is 15.5. The number of hydrogen-bond donors (Lipinski definition) is 3. The molecule has 3 aromatic rings. The number of phenolic OH excluding ortho intramolecular Hbond substituents is 1. The molecule has 0 aliphatic carbocycles. The van der Waals surface area contributed by atoms with E-state index in [-0.39, 0.29) is 18.6 Å². The number of benzene rings is 3. The molecule has 3 rings (SSSR count). The highest BCUT2D eigenvalue weighted by molar-refractivity contribution is 5.94. The highest BCUT2D eigenvalue weighted by Crippen LogP contribution is 2.28. The topological polar surface area (TPSA) is 134 Å². The van der Waals surface area contributed by atoms with Gasteiger partial charge in [-0.25, -0.2) is 9.59 Å². The monoisotopic (exact) mass is 687 g/mol. The molecule has 0 aromatic heterocycles. The quantitative estimate of drug-likeness (QED) is 0.185. The molecule has 3 N–H and O–H groups in total. The Morgan fingerprint density at radius 3 is 1.76 bits per heavy atom. The molecule has 0 spiro atoms. The Labute approximate surface area is 296 Å².